The molecule has 4 rings (SSSR count). The maximum atomic E-state index is 13.0. The average Bonchev–Trinajstić information content (AvgIpc) is 3.15. The minimum Gasteiger partial charge on any atom is -0.448 e. The molecule has 2 heterocycles. The first-order valence-electron chi connectivity index (χ1n) is 11.3. The zero-order chi connectivity index (χ0) is 23.1. The molecular weight excluding hydrogens is 400 g/mol. The van der Waals surface area contributed by atoms with Crippen LogP contribution in [0.25, 0.3) is 0 Å². The molecule has 2 aliphatic carbocycles. The number of rotatable bonds is 6. The fourth-order valence-electron chi connectivity index (χ4n) is 6.27. The lowest BCUT2D eigenvalue weighted by Gasteiger charge is -2.35. The summed E-state index contributed by atoms with van der Waals surface area (Å²) in [5.74, 6) is -1.14. The van der Waals surface area contributed by atoms with Crippen molar-refractivity contribution in [2.75, 3.05) is 13.1 Å². The van der Waals surface area contributed by atoms with Crippen molar-refractivity contribution < 1.29 is 28.7 Å². The van der Waals surface area contributed by atoms with Crippen LogP contribution in [0, 0.1) is 21.7 Å². The van der Waals surface area contributed by atoms with E-state index in [1.54, 1.807) is 0 Å². The molecule has 4 unspecified atom stereocenters. The first-order valence-corrected chi connectivity index (χ1v) is 11.3. The van der Waals surface area contributed by atoms with Gasteiger partial charge in [-0.15, -0.1) is 0 Å². The SMILES string of the molecule is CC12CCC(C(=O)NCCCNC(=O)C34CCC(C)(C(=O)O3)C4(C)C)(OC1=O)C2(C)C. The zero-order valence-corrected chi connectivity index (χ0v) is 19.4. The molecule has 0 radical (unpaired) electrons. The molecule has 4 atom stereocenters. The van der Waals surface area contributed by atoms with Gasteiger partial charge in [-0.05, 0) is 46.0 Å². The van der Waals surface area contributed by atoms with Gasteiger partial charge < -0.3 is 20.1 Å². The van der Waals surface area contributed by atoms with Gasteiger partial charge in [-0.2, -0.15) is 0 Å². The van der Waals surface area contributed by atoms with Crippen LogP contribution in [-0.4, -0.2) is 48.0 Å². The molecule has 8 nitrogen and oxygen atoms in total. The monoisotopic (exact) mass is 434 g/mol. The average molecular weight is 435 g/mol. The Balaban J connectivity index is 1.30. The molecule has 0 aromatic carbocycles. The van der Waals surface area contributed by atoms with Gasteiger partial charge in [-0.1, -0.05) is 27.7 Å². The summed E-state index contributed by atoms with van der Waals surface area (Å²) in [4.78, 5) is 50.6. The van der Waals surface area contributed by atoms with Crippen LogP contribution in [0.4, 0.5) is 0 Å². The van der Waals surface area contributed by atoms with Crippen molar-refractivity contribution in [3.05, 3.63) is 0 Å². The highest BCUT2D eigenvalue weighted by molar-refractivity contribution is 5.97. The summed E-state index contributed by atoms with van der Waals surface area (Å²) < 4.78 is 11.2. The van der Waals surface area contributed by atoms with E-state index in [1.165, 1.54) is 0 Å². The highest BCUT2D eigenvalue weighted by Crippen LogP contribution is 2.66. The highest BCUT2D eigenvalue weighted by Gasteiger charge is 2.76. The number of nitrogens with one attached hydrogen (secondary N) is 2. The van der Waals surface area contributed by atoms with Crippen LogP contribution >= 0.6 is 0 Å². The van der Waals surface area contributed by atoms with Crippen molar-refractivity contribution in [2.24, 2.45) is 21.7 Å². The van der Waals surface area contributed by atoms with Gasteiger partial charge in [0.05, 0.1) is 10.8 Å². The van der Waals surface area contributed by atoms with Crippen LogP contribution in [0.3, 0.4) is 0 Å². The smallest absolute Gasteiger partial charge is 0.313 e. The van der Waals surface area contributed by atoms with Crippen LogP contribution in [0.1, 0.15) is 73.6 Å². The van der Waals surface area contributed by atoms with Gasteiger partial charge in [0, 0.05) is 23.9 Å². The third kappa shape index (κ3) is 2.31. The minimum atomic E-state index is -1.13. The fraction of sp³-hybridized carbons (Fsp3) is 0.826. The van der Waals surface area contributed by atoms with E-state index in [4.69, 9.17) is 9.47 Å². The predicted octanol–water partition coefficient (Wildman–Crippen LogP) is 1.85. The van der Waals surface area contributed by atoms with Crippen LogP contribution in [0.2, 0.25) is 0 Å². The Bertz CT molecular complexity index is 811. The summed E-state index contributed by atoms with van der Waals surface area (Å²) in [5.41, 5.74) is -4.70. The zero-order valence-electron chi connectivity index (χ0n) is 19.4. The Hall–Kier alpha value is -2.12. The van der Waals surface area contributed by atoms with Crippen molar-refractivity contribution >= 4 is 23.8 Å². The maximum Gasteiger partial charge on any atom is 0.313 e. The molecule has 4 bridgehead atoms. The summed E-state index contributed by atoms with van der Waals surface area (Å²) in [7, 11) is 0. The number of esters is 2. The number of carbonyl (C=O) groups excluding carboxylic acids is 4. The Labute approximate surface area is 183 Å². The number of carbonyl (C=O) groups is 4. The lowest BCUT2D eigenvalue weighted by Crippen LogP contribution is -2.54. The van der Waals surface area contributed by atoms with E-state index in [0.29, 0.717) is 45.2 Å². The summed E-state index contributed by atoms with van der Waals surface area (Å²) >= 11 is 0. The van der Waals surface area contributed by atoms with Crippen LogP contribution in [0.15, 0.2) is 0 Å². The molecule has 0 aromatic rings. The third-order valence-corrected chi connectivity index (χ3v) is 9.83. The van der Waals surface area contributed by atoms with Gasteiger partial charge in [0.1, 0.15) is 0 Å². The second-order valence-corrected chi connectivity index (χ2v) is 11.2. The molecule has 2 amide bonds. The second-order valence-electron chi connectivity index (χ2n) is 11.2. The molecule has 172 valence electrons. The molecule has 2 aliphatic heterocycles. The quantitative estimate of drug-likeness (QED) is 0.488. The van der Waals surface area contributed by atoms with Gasteiger partial charge in [0.15, 0.2) is 11.2 Å². The number of ether oxygens (including phenoxy) is 2. The summed E-state index contributed by atoms with van der Waals surface area (Å²) in [6.45, 7) is 12.1. The van der Waals surface area contributed by atoms with E-state index in [9.17, 15) is 19.2 Å². The maximum absolute atomic E-state index is 13.0. The first-order chi connectivity index (χ1) is 14.2. The predicted molar refractivity (Wildman–Crippen MR) is 111 cm³/mol. The minimum absolute atomic E-state index is 0.269. The van der Waals surface area contributed by atoms with E-state index in [-0.39, 0.29) is 23.8 Å². The van der Waals surface area contributed by atoms with Crippen LogP contribution < -0.4 is 10.6 Å². The molecule has 2 saturated heterocycles. The van der Waals surface area contributed by atoms with E-state index < -0.39 is 32.9 Å². The lowest BCUT2D eigenvalue weighted by molar-refractivity contribution is -0.168. The molecule has 8 heteroatoms. The first kappa shape index (κ1) is 22.1. The molecule has 2 N–H and O–H groups in total. The van der Waals surface area contributed by atoms with Crippen molar-refractivity contribution in [3.63, 3.8) is 0 Å². The molecule has 4 fully saturated rings. The summed E-state index contributed by atoms with van der Waals surface area (Å²) in [6, 6.07) is 0. The number of amides is 2. The van der Waals surface area contributed by atoms with Crippen molar-refractivity contribution in [3.8, 4) is 0 Å². The Morgan fingerprint density at radius 3 is 1.32 bits per heavy atom. The largest absolute Gasteiger partial charge is 0.448 e. The van der Waals surface area contributed by atoms with Gasteiger partial charge in [0.2, 0.25) is 0 Å². The Morgan fingerprint density at radius 1 is 0.710 bits per heavy atom. The molecule has 31 heavy (non-hydrogen) atoms. The van der Waals surface area contributed by atoms with Gasteiger partial charge in [-0.25, -0.2) is 0 Å². The van der Waals surface area contributed by atoms with Crippen LogP contribution in [-0.2, 0) is 28.7 Å². The molecule has 4 aliphatic rings. The third-order valence-electron chi connectivity index (χ3n) is 9.83. The Morgan fingerprint density at radius 2 is 1.06 bits per heavy atom. The Kier molecular flexibility index (Phi) is 4.44. The normalized spacial score (nSPS) is 41.1. The number of hydrogen-bond donors (Lipinski definition) is 2. The van der Waals surface area contributed by atoms with E-state index in [0.717, 1.165) is 0 Å². The molecule has 0 aromatic heterocycles. The highest BCUT2D eigenvalue weighted by atomic mass is 16.6. The molecule has 2 saturated carbocycles. The van der Waals surface area contributed by atoms with Gasteiger partial charge in [-0.3, -0.25) is 19.2 Å². The fourth-order valence-corrected chi connectivity index (χ4v) is 6.27. The van der Waals surface area contributed by atoms with Crippen molar-refractivity contribution in [1.82, 2.24) is 10.6 Å². The molecular formula is C23H34N2O6. The van der Waals surface area contributed by atoms with Crippen molar-refractivity contribution in [2.45, 2.75) is 84.8 Å². The summed E-state index contributed by atoms with van der Waals surface area (Å²) in [5, 5.41) is 5.78. The topological polar surface area (TPSA) is 111 Å². The second kappa shape index (κ2) is 6.23. The summed E-state index contributed by atoms with van der Waals surface area (Å²) in [6.07, 6.45) is 2.83. The molecule has 0 spiro atoms. The van der Waals surface area contributed by atoms with E-state index in [1.807, 2.05) is 41.5 Å². The van der Waals surface area contributed by atoms with Crippen LogP contribution in [0.5, 0.6) is 0 Å². The lowest BCUT2D eigenvalue weighted by atomic mass is 9.66. The number of hydrogen-bond acceptors (Lipinski definition) is 6. The number of fused-ring (bicyclic) bond motifs is 4. The van der Waals surface area contributed by atoms with Gasteiger partial charge in [0.25, 0.3) is 11.8 Å². The standard InChI is InChI=1S/C23H34N2O6/c1-18(2)20(5)8-10-22(18,30-16(20)28)14(26)24-12-7-13-25-15(27)23-11-9-21(6,17(29)31-23)19(23,3)4/h7-13H2,1-6H3,(H,24,26)(H,25,27). The van der Waals surface area contributed by atoms with Gasteiger partial charge >= 0.3 is 11.9 Å². The van der Waals surface area contributed by atoms with Crippen molar-refractivity contribution in [1.29, 1.82) is 0 Å². The van der Waals surface area contributed by atoms with E-state index in [2.05, 4.69) is 10.6 Å². The van der Waals surface area contributed by atoms with E-state index >= 15 is 0 Å².